The largest absolute Gasteiger partial charge is 0.457 e. The first-order valence-electron chi connectivity index (χ1n) is 13.9. The highest BCUT2D eigenvalue weighted by atomic mass is 16.6. The number of benzene rings is 2. The van der Waals surface area contributed by atoms with Crippen molar-refractivity contribution in [3.05, 3.63) is 59.7 Å². The van der Waals surface area contributed by atoms with Gasteiger partial charge in [0.25, 0.3) is 0 Å². The van der Waals surface area contributed by atoms with Crippen molar-refractivity contribution in [2.24, 2.45) is 17.6 Å². The number of ether oxygens (including phenoxy) is 3. The molecule has 9 nitrogen and oxygen atoms in total. The molecule has 3 N–H and O–H groups in total. The number of nitrogens with one attached hydrogen (secondary N) is 1. The Labute approximate surface area is 236 Å². The van der Waals surface area contributed by atoms with Crippen molar-refractivity contribution in [3.8, 4) is 11.5 Å². The van der Waals surface area contributed by atoms with Gasteiger partial charge >= 0.3 is 6.09 Å². The highest BCUT2D eigenvalue weighted by molar-refractivity contribution is 5.83. The topological polar surface area (TPSA) is 120 Å². The molecule has 2 aromatic rings. The molecule has 2 aliphatic rings. The van der Waals surface area contributed by atoms with E-state index in [1.807, 2.05) is 36.4 Å². The average Bonchev–Trinajstić information content (AvgIpc) is 2.92. The highest BCUT2D eigenvalue weighted by Gasteiger charge is 2.43. The van der Waals surface area contributed by atoms with Gasteiger partial charge in [0.1, 0.15) is 17.1 Å². The number of fused-ring (bicyclic) bond motifs is 2. The molecule has 1 saturated heterocycles. The number of para-hydroxylation sites is 2. The number of amides is 3. The van der Waals surface area contributed by atoms with Gasteiger partial charge in [0.15, 0.2) is 0 Å². The van der Waals surface area contributed by atoms with Gasteiger partial charge < -0.3 is 30.2 Å². The lowest BCUT2D eigenvalue weighted by atomic mass is 9.69. The lowest BCUT2D eigenvalue weighted by Gasteiger charge is -2.41. The van der Waals surface area contributed by atoms with Crippen LogP contribution in [-0.2, 0) is 24.5 Å². The van der Waals surface area contributed by atoms with Crippen LogP contribution in [0.4, 0.5) is 4.79 Å². The second kappa shape index (κ2) is 12.3. The fourth-order valence-corrected chi connectivity index (χ4v) is 5.74. The van der Waals surface area contributed by atoms with E-state index in [4.69, 9.17) is 19.9 Å². The van der Waals surface area contributed by atoms with Crippen molar-refractivity contribution in [1.82, 2.24) is 10.2 Å². The summed E-state index contributed by atoms with van der Waals surface area (Å²) in [4.78, 5) is 40.2. The van der Waals surface area contributed by atoms with Crippen LogP contribution in [0.2, 0.25) is 0 Å². The molecule has 0 radical (unpaired) electrons. The summed E-state index contributed by atoms with van der Waals surface area (Å²) >= 11 is 0. The molecule has 0 aliphatic carbocycles. The predicted octanol–water partition coefficient (Wildman–Crippen LogP) is 4.37. The van der Waals surface area contributed by atoms with Gasteiger partial charge in [-0.15, -0.1) is 0 Å². The molecular formula is C31H41N3O6. The number of rotatable bonds is 9. The number of methoxy groups -OCH3 is 1. The maximum Gasteiger partial charge on any atom is 0.410 e. The molecule has 2 aromatic carbocycles. The molecule has 2 atom stereocenters. The summed E-state index contributed by atoms with van der Waals surface area (Å²) < 4.78 is 17.1. The van der Waals surface area contributed by atoms with Crippen molar-refractivity contribution in [2.75, 3.05) is 33.4 Å². The molecule has 2 heterocycles. The fourth-order valence-electron chi connectivity index (χ4n) is 5.74. The SMILES string of the molecule is COCCCCC1(CNC(=O)[C@H]2C[C@@H](C(N)=O)CN(C(=O)OC(C)(C)C)C2)c2ccccc2Oc2ccccc21. The third-order valence-corrected chi connectivity index (χ3v) is 7.67. The maximum atomic E-state index is 13.7. The second-order valence-corrected chi connectivity index (χ2v) is 11.8. The van der Waals surface area contributed by atoms with Gasteiger partial charge in [0, 0.05) is 49.9 Å². The summed E-state index contributed by atoms with van der Waals surface area (Å²) in [5.41, 5.74) is 6.44. The fraction of sp³-hybridized carbons (Fsp3) is 0.516. The number of hydrogen-bond donors (Lipinski definition) is 2. The number of primary amides is 1. The molecule has 0 saturated carbocycles. The zero-order chi connectivity index (χ0) is 28.9. The third-order valence-electron chi connectivity index (χ3n) is 7.67. The van der Waals surface area contributed by atoms with Crippen molar-refractivity contribution in [2.45, 2.75) is 57.5 Å². The molecule has 0 unspecified atom stereocenters. The van der Waals surface area contributed by atoms with E-state index in [2.05, 4.69) is 17.4 Å². The first-order valence-corrected chi connectivity index (χ1v) is 13.9. The van der Waals surface area contributed by atoms with Gasteiger partial charge in [-0.25, -0.2) is 4.79 Å². The monoisotopic (exact) mass is 551 g/mol. The quantitative estimate of drug-likeness (QED) is 0.447. The van der Waals surface area contributed by atoms with Crippen molar-refractivity contribution < 1.29 is 28.6 Å². The molecular weight excluding hydrogens is 510 g/mol. The van der Waals surface area contributed by atoms with Crippen molar-refractivity contribution >= 4 is 17.9 Å². The van der Waals surface area contributed by atoms with Gasteiger partial charge in [-0.3, -0.25) is 9.59 Å². The van der Waals surface area contributed by atoms with Gasteiger partial charge in [0.2, 0.25) is 11.8 Å². The molecule has 9 heteroatoms. The molecule has 4 rings (SSSR count). The van der Waals surface area contributed by atoms with Crippen molar-refractivity contribution in [3.63, 3.8) is 0 Å². The summed E-state index contributed by atoms with van der Waals surface area (Å²) in [6.45, 7) is 6.61. The van der Waals surface area contributed by atoms with Gasteiger partial charge in [-0.05, 0) is 58.6 Å². The van der Waals surface area contributed by atoms with E-state index >= 15 is 0 Å². The summed E-state index contributed by atoms with van der Waals surface area (Å²) in [7, 11) is 1.69. The summed E-state index contributed by atoms with van der Waals surface area (Å²) in [6, 6.07) is 15.9. The van der Waals surface area contributed by atoms with E-state index in [0.717, 1.165) is 41.9 Å². The molecule has 0 spiro atoms. The number of likely N-dealkylation sites (tertiary alicyclic amines) is 1. The van der Waals surface area contributed by atoms with E-state index in [9.17, 15) is 14.4 Å². The Morgan fingerprint density at radius 3 is 2.17 bits per heavy atom. The van der Waals surface area contributed by atoms with E-state index < -0.39 is 34.9 Å². The van der Waals surface area contributed by atoms with Crippen LogP contribution in [0, 0.1) is 11.8 Å². The number of hydrogen-bond acceptors (Lipinski definition) is 6. The lowest BCUT2D eigenvalue weighted by molar-refractivity contribution is -0.130. The molecule has 0 aromatic heterocycles. The van der Waals surface area contributed by atoms with Crippen LogP contribution < -0.4 is 15.8 Å². The molecule has 1 fully saturated rings. The van der Waals surface area contributed by atoms with Crippen LogP contribution in [0.25, 0.3) is 0 Å². The number of nitrogens with two attached hydrogens (primary N) is 1. The number of unbranched alkanes of at least 4 members (excludes halogenated alkanes) is 1. The van der Waals surface area contributed by atoms with Crippen LogP contribution in [0.5, 0.6) is 11.5 Å². The molecule has 40 heavy (non-hydrogen) atoms. The summed E-state index contributed by atoms with van der Waals surface area (Å²) in [5.74, 6) is -0.459. The highest BCUT2D eigenvalue weighted by Crippen LogP contribution is 2.50. The van der Waals surface area contributed by atoms with Gasteiger partial charge in [-0.2, -0.15) is 0 Å². The van der Waals surface area contributed by atoms with E-state index in [0.29, 0.717) is 13.2 Å². The normalized spacial score (nSPS) is 19.6. The zero-order valence-electron chi connectivity index (χ0n) is 23.9. The average molecular weight is 552 g/mol. The third kappa shape index (κ3) is 6.58. The van der Waals surface area contributed by atoms with Gasteiger partial charge in [-0.1, -0.05) is 36.4 Å². The van der Waals surface area contributed by atoms with Crippen molar-refractivity contribution in [1.29, 1.82) is 0 Å². The zero-order valence-corrected chi connectivity index (χ0v) is 23.9. The molecule has 0 bridgehead atoms. The lowest BCUT2D eigenvalue weighted by Crippen LogP contribution is -2.53. The number of nitrogens with zero attached hydrogens (tertiary/aromatic N) is 1. The van der Waals surface area contributed by atoms with Crippen LogP contribution in [0.1, 0.15) is 57.6 Å². The Hall–Kier alpha value is -3.59. The minimum atomic E-state index is -0.701. The molecule has 3 amide bonds. The summed E-state index contributed by atoms with van der Waals surface area (Å²) in [5, 5.41) is 3.20. The molecule has 216 valence electrons. The van der Waals surface area contributed by atoms with Crippen LogP contribution >= 0.6 is 0 Å². The standard InChI is InChI=1S/C31H41N3O6/c1-30(2,3)40-29(37)34-18-21(27(32)35)17-22(19-34)28(36)33-20-31(15-9-10-16-38-4)23-11-5-7-13-25(23)39-26-14-8-6-12-24(26)31/h5-8,11-14,21-22H,9-10,15-20H2,1-4H3,(H2,32,35)(H,33,36)/t21-,22+/m1/s1. The van der Waals surface area contributed by atoms with Crippen LogP contribution in [-0.4, -0.2) is 61.8 Å². The van der Waals surface area contributed by atoms with E-state index in [-0.39, 0.29) is 25.4 Å². The Morgan fingerprint density at radius 2 is 1.60 bits per heavy atom. The number of carbonyl (C=O) groups excluding carboxylic acids is 3. The first-order chi connectivity index (χ1) is 19.0. The number of carbonyl (C=O) groups is 3. The second-order valence-electron chi connectivity index (χ2n) is 11.8. The molecule has 2 aliphatic heterocycles. The minimum absolute atomic E-state index is 0.134. The minimum Gasteiger partial charge on any atom is -0.457 e. The first kappa shape index (κ1) is 29.4. The number of piperidine rings is 1. The Bertz CT molecular complexity index is 1180. The maximum absolute atomic E-state index is 13.7. The Balaban J connectivity index is 1.60. The van der Waals surface area contributed by atoms with Crippen LogP contribution in [0.15, 0.2) is 48.5 Å². The Kier molecular flexibility index (Phi) is 9.03. The van der Waals surface area contributed by atoms with Gasteiger partial charge in [0.05, 0.1) is 11.8 Å². The van der Waals surface area contributed by atoms with E-state index in [1.54, 1.807) is 27.9 Å². The Morgan fingerprint density at radius 1 is 1.00 bits per heavy atom. The smallest absolute Gasteiger partial charge is 0.410 e. The van der Waals surface area contributed by atoms with Crippen LogP contribution in [0.3, 0.4) is 0 Å². The van der Waals surface area contributed by atoms with E-state index in [1.165, 1.54) is 4.90 Å². The summed E-state index contributed by atoms with van der Waals surface area (Å²) in [6.07, 6.45) is 2.25. The predicted molar refractivity (Wildman–Crippen MR) is 151 cm³/mol.